The lowest BCUT2D eigenvalue weighted by atomic mass is 9.73. The molecular weight excluding hydrogens is 334 g/mol. The maximum absolute atomic E-state index is 12.7. The van der Waals surface area contributed by atoms with Gasteiger partial charge in [0.25, 0.3) is 0 Å². The van der Waals surface area contributed by atoms with Crippen LogP contribution in [0.2, 0.25) is 0 Å². The van der Waals surface area contributed by atoms with Crippen LogP contribution in [0.3, 0.4) is 0 Å². The van der Waals surface area contributed by atoms with E-state index in [2.05, 4.69) is 9.97 Å². The molecule has 4 rings (SSSR count). The Bertz CT molecular complexity index is 842. The van der Waals surface area contributed by atoms with Crippen LogP contribution in [0.25, 0.3) is 0 Å². The van der Waals surface area contributed by atoms with E-state index in [0.717, 1.165) is 11.3 Å². The number of ether oxygens (including phenoxy) is 1. The number of carboxylic acids is 1. The summed E-state index contributed by atoms with van der Waals surface area (Å²) in [4.78, 5) is 34.6. The number of likely N-dealkylation sites (tertiary alicyclic amines) is 1. The van der Waals surface area contributed by atoms with E-state index in [-0.39, 0.29) is 31.4 Å². The Kier molecular flexibility index (Phi) is 4.06. The second-order valence-electron chi connectivity index (χ2n) is 6.81. The minimum atomic E-state index is -1.09. The summed E-state index contributed by atoms with van der Waals surface area (Å²) in [6, 6.07) is 7.48. The lowest BCUT2D eigenvalue weighted by molar-refractivity contribution is -0.152. The Morgan fingerprint density at radius 2 is 2.15 bits per heavy atom. The number of carbonyl (C=O) groups excluding carboxylic acids is 1. The normalized spacial score (nSPS) is 23.7. The number of hydrogen-bond acceptors (Lipinski definition) is 5. The molecule has 0 saturated carbocycles. The number of nitrogens with zero attached hydrogens (tertiary/aromatic N) is 3. The van der Waals surface area contributed by atoms with Crippen molar-refractivity contribution in [3.8, 4) is 5.75 Å². The smallest absolute Gasteiger partial charge is 0.315 e. The molecule has 0 spiro atoms. The van der Waals surface area contributed by atoms with E-state index in [1.807, 2.05) is 24.3 Å². The molecule has 1 N–H and O–H groups in total. The van der Waals surface area contributed by atoms with Crippen LogP contribution in [0.4, 0.5) is 0 Å². The van der Waals surface area contributed by atoms with Gasteiger partial charge in [-0.15, -0.1) is 0 Å². The lowest BCUT2D eigenvalue weighted by Crippen LogP contribution is -2.46. The van der Waals surface area contributed by atoms with Crippen LogP contribution in [0.15, 0.2) is 42.9 Å². The molecule has 1 aromatic carbocycles. The highest BCUT2D eigenvalue weighted by Crippen LogP contribution is 2.49. The standard InChI is InChI=1S/C19H19N3O4/c23-17(6-5-13-9-20-7-8-21-13)22-10-15-14-3-1-2-4-16(14)26-12-19(15,11-22)18(24)25/h1-4,7-9,15H,5-6,10-12H2,(H,24,25)/t15-,19-/m0/s1. The quantitative estimate of drug-likeness (QED) is 0.895. The van der Waals surface area contributed by atoms with Crippen LogP contribution in [0, 0.1) is 5.41 Å². The van der Waals surface area contributed by atoms with Crippen molar-refractivity contribution in [2.75, 3.05) is 19.7 Å². The zero-order chi connectivity index (χ0) is 18.1. The van der Waals surface area contributed by atoms with Gasteiger partial charge >= 0.3 is 5.97 Å². The van der Waals surface area contributed by atoms with Gasteiger partial charge in [-0.25, -0.2) is 0 Å². The van der Waals surface area contributed by atoms with Crippen LogP contribution in [0.1, 0.15) is 23.6 Å². The topological polar surface area (TPSA) is 92.6 Å². The van der Waals surface area contributed by atoms with Crippen molar-refractivity contribution in [1.29, 1.82) is 0 Å². The maximum Gasteiger partial charge on any atom is 0.315 e. The molecule has 2 aromatic rings. The molecule has 1 amide bonds. The molecule has 1 saturated heterocycles. The van der Waals surface area contributed by atoms with Crippen LogP contribution in [-0.2, 0) is 16.0 Å². The number of amides is 1. The van der Waals surface area contributed by atoms with Crippen molar-refractivity contribution >= 4 is 11.9 Å². The molecule has 3 heterocycles. The third-order valence-electron chi connectivity index (χ3n) is 5.31. The molecule has 2 aliphatic heterocycles. The van der Waals surface area contributed by atoms with E-state index in [9.17, 15) is 14.7 Å². The van der Waals surface area contributed by atoms with E-state index >= 15 is 0 Å². The van der Waals surface area contributed by atoms with Gasteiger partial charge in [-0.2, -0.15) is 0 Å². The SMILES string of the molecule is O=C(CCc1cnccn1)N1C[C@H]2c3ccccc3OC[C@@]2(C(=O)O)C1. The second kappa shape index (κ2) is 6.40. The molecule has 0 unspecified atom stereocenters. The van der Waals surface area contributed by atoms with Crippen molar-refractivity contribution in [3.05, 3.63) is 54.1 Å². The van der Waals surface area contributed by atoms with E-state index in [4.69, 9.17) is 4.74 Å². The first-order chi connectivity index (χ1) is 12.6. The third-order valence-corrected chi connectivity index (χ3v) is 5.31. The summed E-state index contributed by atoms with van der Waals surface area (Å²) in [7, 11) is 0. The minimum Gasteiger partial charge on any atom is -0.492 e. The highest BCUT2D eigenvalue weighted by molar-refractivity contribution is 5.83. The summed E-state index contributed by atoms with van der Waals surface area (Å²) in [6.45, 7) is 0.643. The Balaban J connectivity index is 1.54. The first-order valence-corrected chi connectivity index (χ1v) is 8.58. The predicted octanol–water partition coefficient (Wildman–Crippen LogP) is 1.50. The number of para-hydroxylation sites is 1. The summed E-state index contributed by atoms with van der Waals surface area (Å²) in [5.41, 5.74) is 0.529. The van der Waals surface area contributed by atoms with E-state index < -0.39 is 11.4 Å². The van der Waals surface area contributed by atoms with Crippen molar-refractivity contribution in [1.82, 2.24) is 14.9 Å². The highest BCUT2D eigenvalue weighted by Gasteiger charge is 2.57. The monoisotopic (exact) mass is 353 g/mol. The molecule has 2 atom stereocenters. The van der Waals surface area contributed by atoms with Gasteiger partial charge in [0.15, 0.2) is 0 Å². The molecule has 134 valence electrons. The maximum atomic E-state index is 12.7. The number of carbonyl (C=O) groups is 2. The number of benzene rings is 1. The van der Waals surface area contributed by atoms with E-state index in [1.54, 1.807) is 23.5 Å². The predicted molar refractivity (Wildman–Crippen MR) is 91.7 cm³/mol. The average molecular weight is 353 g/mol. The fourth-order valence-corrected chi connectivity index (χ4v) is 3.88. The van der Waals surface area contributed by atoms with Gasteiger partial charge < -0.3 is 14.7 Å². The first kappa shape index (κ1) is 16.5. The minimum absolute atomic E-state index is 0.0665. The number of hydrogen-bond donors (Lipinski definition) is 1. The fraction of sp³-hybridized carbons (Fsp3) is 0.368. The van der Waals surface area contributed by atoms with Crippen molar-refractivity contribution in [3.63, 3.8) is 0 Å². The Morgan fingerprint density at radius 1 is 1.31 bits per heavy atom. The summed E-state index contributed by atoms with van der Waals surface area (Å²) >= 11 is 0. The molecule has 1 aromatic heterocycles. The fourth-order valence-electron chi connectivity index (χ4n) is 3.88. The van der Waals surface area contributed by atoms with Crippen LogP contribution < -0.4 is 4.74 Å². The highest BCUT2D eigenvalue weighted by atomic mass is 16.5. The van der Waals surface area contributed by atoms with Crippen LogP contribution in [-0.4, -0.2) is 51.5 Å². The number of aliphatic carboxylic acids is 1. The molecule has 7 heteroatoms. The number of fused-ring (bicyclic) bond motifs is 3. The van der Waals surface area contributed by atoms with Crippen LogP contribution >= 0.6 is 0 Å². The number of rotatable bonds is 4. The Hall–Kier alpha value is -2.96. The number of aryl methyl sites for hydroxylation is 1. The largest absolute Gasteiger partial charge is 0.492 e. The number of carboxylic acid groups (broad SMARTS) is 1. The lowest BCUT2D eigenvalue weighted by Gasteiger charge is -2.35. The van der Waals surface area contributed by atoms with Gasteiger partial charge in [0.1, 0.15) is 17.8 Å². The molecule has 0 radical (unpaired) electrons. The summed E-state index contributed by atoms with van der Waals surface area (Å²) in [5.74, 6) is -0.530. The Morgan fingerprint density at radius 3 is 2.92 bits per heavy atom. The van der Waals surface area contributed by atoms with E-state index in [1.165, 1.54) is 0 Å². The van der Waals surface area contributed by atoms with Gasteiger partial charge in [-0.05, 0) is 12.5 Å². The average Bonchev–Trinajstić information content (AvgIpc) is 3.09. The third kappa shape index (κ3) is 2.69. The molecule has 2 aliphatic rings. The molecule has 1 fully saturated rings. The number of aromatic nitrogens is 2. The van der Waals surface area contributed by atoms with Gasteiger partial charge in [-0.1, -0.05) is 18.2 Å². The Labute approximate surface area is 150 Å². The van der Waals surface area contributed by atoms with Crippen molar-refractivity contribution in [2.24, 2.45) is 5.41 Å². The molecule has 26 heavy (non-hydrogen) atoms. The van der Waals surface area contributed by atoms with Gasteiger partial charge in [0.2, 0.25) is 5.91 Å². The van der Waals surface area contributed by atoms with Crippen LogP contribution in [0.5, 0.6) is 5.75 Å². The molecular formula is C19H19N3O4. The molecule has 7 nitrogen and oxygen atoms in total. The zero-order valence-corrected chi connectivity index (χ0v) is 14.2. The van der Waals surface area contributed by atoms with Gasteiger partial charge in [0, 0.05) is 49.6 Å². The van der Waals surface area contributed by atoms with Crippen molar-refractivity contribution in [2.45, 2.75) is 18.8 Å². The van der Waals surface area contributed by atoms with Crippen molar-refractivity contribution < 1.29 is 19.4 Å². The second-order valence-corrected chi connectivity index (χ2v) is 6.81. The first-order valence-electron chi connectivity index (χ1n) is 8.58. The summed E-state index contributed by atoms with van der Waals surface area (Å²) < 4.78 is 5.72. The molecule has 0 bridgehead atoms. The van der Waals surface area contributed by atoms with E-state index in [0.29, 0.717) is 18.7 Å². The summed E-state index contributed by atoms with van der Waals surface area (Å²) in [5, 5.41) is 9.90. The van der Waals surface area contributed by atoms with Gasteiger partial charge in [-0.3, -0.25) is 19.6 Å². The zero-order valence-electron chi connectivity index (χ0n) is 14.2. The molecule has 0 aliphatic carbocycles. The summed E-state index contributed by atoms with van der Waals surface area (Å²) in [6.07, 6.45) is 5.59. The van der Waals surface area contributed by atoms with Gasteiger partial charge in [0.05, 0.1) is 5.69 Å².